The first-order valence-corrected chi connectivity index (χ1v) is 7.39. The summed E-state index contributed by atoms with van der Waals surface area (Å²) in [5.74, 6) is 0. The number of hydrogen-bond acceptors (Lipinski definition) is 2. The van der Waals surface area contributed by atoms with Gasteiger partial charge in [-0.3, -0.25) is 0 Å². The number of benzene rings is 1. The van der Waals surface area contributed by atoms with Crippen LogP contribution in [0.15, 0.2) is 18.2 Å². The van der Waals surface area contributed by atoms with Gasteiger partial charge in [0.1, 0.15) is 0 Å². The largest absolute Gasteiger partial charge is 0.374 e. The third-order valence-electron chi connectivity index (χ3n) is 2.72. The second-order valence-corrected chi connectivity index (χ2v) is 6.40. The van der Waals surface area contributed by atoms with Gasteiger partial charge in [-0.25, -0.2) is 0 Å². The number of halogens is 2. The molecule has 0 bridgehead atoms. The van der Waals surface area contributed by atoms with Crippen LogP contribution in [0, 0.1) is 0 Å². The maximum absolute atomic E-state index is 6.21. The van der Waals surface area contributed by atoms with Crippen molar-refractivity contribution in [2.45, 2.75) is 45.8 Å². The first kappa shape index (κ1) is 16.8. The Labute approximate surface area is 126 Å². The monoisotopic (exact) mass is 303 g/mol. The van der Waals surface area contributed by atoms with E-state index in [0.29, 0.717) is 16.7 Å². The predicted molar refractivity (Wildman–Crippen MR) is 83.3 cm³/mol. The SMILES string of the molecule is CCNC(COC(C)(C)C)Cc1c(Cl)cccc1Cl. The van der Waals surface area contributed by atoms with E-state index in [4.69, 9.17) is 27.9 Å². The lowest BCUT2D eigenvalue weighted by Crippen LogP contribution is -2.38. The summed E-state index contributed by atoms with van der Waals surface area (Å²) in [6, 6.07) is 5.82. The molecular weight excluding hydrogens is 281 g/mol. The summed E-state index contributed by atoms with van der Waals surface area (Å²) in [7, 11) is 0. The summed E-state index contributed by atoms with van der Waals surface area (Å²) >= 11 is 12.4. The summed E-state index contributed by atoms with van der Waals surface area (Å²) in [5, 5.41) is 4.84. The lowest BCUT2D eigenvalue weighted by molar-refractivity contribution is -0.0141. The van der Waals surface area contributed by atoms with E-state index in [1.807, 2.05) is 18.2 Å². The molecule has 108 valence electrons. The molecule has 0 aliphatic carbocycles. The van der Waals surface area contributed by atoms with Crippen LogP contribution in [0.3, 0.4) is 0 Å². The number of hydrogen-bond donors (Lipinski definition) is 1. The molecule has 0 aliphatic rings. The van der Waals surface area contributed by atoms with Crippen LogP contribution < -0.4 is 5.32 Å². The summed E-state index contributed by atoms with van der Waals surface area (Å²) in [6.45, 7) is 9.77. The maximum atomic E-state index is 6.21. The van der Waals surface area contributed by atoms with Gasteiger partial charge in [-0.15, -0.1) is 0 Å². The molecule has 4 heteroatoms. The van der Waals surface area contributed by atoms with Crippen molar-refractivity contribution in [1.29, 1.82) is 0 Å². The molecule has 0 saturated heterocycles. The lowest BCUT2D eigenvalue weighted by atomic mass is 10.1. The van der Waals surface area contributed by atoms with E-state index >= 15 is 0 Å². The van der Waals surface area contributed by atoms with Crippen LogP contribution in [0.1, 0.15) is 33.3 Å². The second-order valence-electron chi connectivity index (χ2n) is 5.58. The average Bonchev–Trinajstić information content (AvgIpc) is 2.30. The van der Waals surface area contributed by atoms with E-state index < -0.39 is 0 Å². The Balaban J connectivity index is 2.72. The highest BCUT2D eigenvalue weighted by Crippen LogP contribution is 2.25. The molecule has 0 aromatic heterocycles. The standard InChI is InChI=1S/C15H23Cl2NO/c1-5-18-11(10-19-15(2,3)4)9-12-13(16)7-6-8-14(12)17/h6-8,11,18H,5,9-10H2,1-4H3. The van der Waals surface area contributed by atoms with Gasteiger partial charge in [0, 0.05) is 16.1 Å². The minimum absolute atomic E-state index is 0.141. The summed E-state index contributed by atoms with van der Waals surface area (Å²) in [4.78, 5) is 0. The molecule has 0 spiro atoms. The van der Waals surface area contributed by atoms with E-state index in [0.717, 1.165) is 18.5 Å². The Bertz CT molecular complexity index is 381. The van der Waals surface area contributed by atoms with Crippen molar-refractivity contribution in [3.05, 3.63) is 33.8 Å². The molecule has 19 heavy (non-hydrogen) atoms. The zero-order valence-electron chi connectivity index (χ0n) is 12.1. The summed E-state index contributed by atoms with van der Waals surface area (Å²) < 4.78 is 5.85. The van der Waals surface area contributed by atoms with Crippen molar-refractivity contribution in [2.24, 2.45) is 0 Å². The van der Waals surface area contributed by atoms with Gasteiger partial charge in [0.2, 0.25) is 0 Å². The molecule has 1 unspecified atom stereocenters. The Hall–Kier alpha value is -0.280. The van der Waals surface area contributed by atoms with Crippen molar-refractivity contribution in [2.75, 3.05) is 13.2 Å². The van der Waals surface area contributed by atoms with Crippen molar-refractivity contribution in [3.63, 3.8) is 0 Å². The van der Waals surface area contributed by atoms with Crippen LogP contribution in [0.5, 0.6) is 0 Å². The molecule has 1 aromatic carbocycles. The fourth-order valence-corrected chi connectivity index (χ4v) is 2.35. The van der Waals surface area contributed by atoms with Crippen molar-refractivity contribution in [1.82, 2.24) is 5.32 Å². The van der Waals surface area contributed by atoms with Crippen LogP contribution in [0.4, 0.5) is 0 Å². The van der Waals surface area contributed by atoms with E-state index in [1.165, 1.54) is 0 Å². The summed E-state index contributed by atoms with van der Waals surface area (Å²) in [6.07, 6.45) is 0.766. The van der Waals surface area contributed by atoms with E-state index in [1.54, 1.807) is 0 Å². The van der Waals surface area contributed by atoms with Gasteiger partial charge in [0.15, 0.2) is 0 Å². The second kappa shape index (κ2) is 7.49. The summed E-state index contributed by atoms with van der Waals surface area (Å²) in [5.41, 5.74) is 0.840. The van der Waals surface area contributed by atoms with Gasteiger partial charge in [0.25, 0.3) is 0 Å². The Kier molecular flexibility index (Phi) is 6.61. The van der Waals surface area contributed by atoms with Gasteiger partial charge in [0.05, 0.1) is 12.2 Å². The first-order valence-electron chi connectivity index (χ1n) is 6.63. The third kappa shape index (κ3) is 6.13. The topological polar surface area (TPSA) is 21.3 Å². The highest BCUT2D eigenvalue weighted by Gasteiger charge is 2.17. The maximum Gasteiger partial charge on any atom is 0.0630 e. The Morgan fingerprint density at radius 3 is 2.26 bits per heavy atom. The smallest absolute Gasteiger partial charge is 0.0630 e. The number of nitrogens with one attached hydrogen (secondary N) is 1. The molecule has 1 N–H and O–H groups in total. The molecule has 1 aromatic rings. The number of likely N-dealkylation sites (N-methyl/N-ethyl adjacent to an activating group) is 1. The zero-order valence-corrected chi connectivity index (χ0v) is 13.6. The van der Waals surface area contributed by atoms with Gasteiger partial charge < -0.3 is 10.1 Å². The van der Waals surface area contributed by atoms with E-state index in [2.05, 4.69) is 33.0 Å². The van der Waals surface area contributed by atoms with Crippen LogP contribution in [-0.2, 0) is 11.2 Å². The predicted octanol–water partition coefficient (Wildman–Crippen LogP) is 4.33. The van der Waals surface area contributed by atoms with Crippen molar-refractivity contribution < 1.29 is 4.74 Å². The third-order valence-corrected chi connectivity index (χ3v) is 3.43. The molecule has 0 saturated carbocycles. The van der Waals surface area contributed by atoms with Crippen molar-refractivity contribution in [3.8, 4) is 0 Å². The molecule has 0 aliphatic heterocycles. The number of ether oxygens (including phenoxy) is 1. The minimum atomic E-state index is -0.141. The average molecular weight is 304 g/mol. The van der Waals surface area contributed by atoms with Crippen LogP contribution in [0.25, 0.3) is 0 Å². The molecule has 0 fully saturated rings. The molecule has 1 atom stereocenters. The zero-order chi connectivity index (χ0) is 14.5. The fraction of sp³-hybridized carbons (Fsp3) is 0.600. The highest BCUT2D eigenvalue weighted by atomic mass is 35.5. The minimum Gasteiger partial charge on any atom is -0.374 e. The normalized spacial score (nSPS) is 13.6. The van der Waals surface area contributed by atoms with Gasteiger partial charge in [-0.1, -0.05) is 36.2 Å². The fourth-order valence-electron chi connectivity index (χ4n) is 1.80. The Morgan fingerprint density at radius 1 is 1.21 bits per heavy atom. The molecular formula is C15H23Cl2NO. The Morgan fingerprint density at radius 2 is 1.79 bits per heavy atom. The van der Waals surface area contributed by atoms with Gasteiger partial charge in [-0.2, -0.15) is 0 Å². The lowest BCUT2D eigenvalue weighted by Gasteiger charge is -2.25. The van der Waals surface area contributed by atoms with Crippen molar-refractivity contribution >= 4 is 23.2 Å². The van der Waals surface area contributed by atoms with E-state index in [-0.39, 0.29) is 11.6 Å². The molecule has 0 amide bonds. The quantitative estimate of drug-likeness (QED) is 0.844. The molecule has 1 rings (SSSR count). The van der Waals surface area contributed by atoms with Crippen LogP contribution in [-0.4, -0.2) is 24.8 Å². The van der Waals surface area contributed by atoms with Crippen LogP contribution in [0.2, 0.25) is 10.0 Å². The highest BCUT2D eigenvalue weighted by molar-refractivity contribution is 6.35. The van der Waals surface area contributed by atoms with E-state index in [9.17, 15) is 0 Å². The molecule has 0 heterocycles. The molecule has 0 radical (unpaired) electrons. The molecule has 2 nitrogen and oxygen atoms in total. The number of rotatable bonds is 6. The van der Waals surface area contributed by atoms with Crippen LogP contribution >= 0.6 is 23.2 Å². The van der Waals surface area contributed by atoms with Gasteiger partial charge >= 0.3 is 0 Å². The first-order chi connectivity index (χ1) is 8.83. The van der Waals surface area contributed by atoms with Gasteiger partial charge in [-0.05, 0) is 51.4 Å².